The fourth-order valence-electron chi connectivity index (χ4n) is 1.37. The topological polar surface area (TPSA) is 85.1 Å². The molecular weight excluding hydrogens is 302 g/mol. The van der Waals surface area contributed by atoms with Crippen LogP contribution >= 0.6 is 23.6 Å². The van der Waals surface area contributed by atoms with Crippen molar-refractivity contribution in [3.63, 3.8) is 0 Å². The van der Waals surface area contributed by atoms with Gasteiger partial charge in [-0.25, -0.2) is 13.4 Å². The molecular formula is C11H11N3O2S3. The molecule has 0 aliphatic rings. The highest BCUT2D eigenvalue weighted by molar-refractivity contribution is 7.94. The summed E-state index contributed by atoms with van der Waals surface area (Å²) < 4.78 is 26.9. The van der Waals surface area contributed by atoms with Crippen LogP contribution in [-0.4, -0.2) is 18.4 Å². The number of thiocarbonyl (C=S) groups is 1. The van der Waals surface area contributed by atoms with Gasteiger partial charge in [0.2, 0.25) is 0 Å². The van der Waals surface area contributed by atoms with Gasteiger partial charge in [-0.05, 0) is 30.7 Å². The monoisotopic (exact) mass is 313 g/mol. The summed E-state index contributed by atoms with van der Waals surface area (Å²) in [5.41, 5.74) is 6.21. The highest BCUT2D eigenvalue weighted by atomic mass is 32.2. The largest absolute Gasteiger partial charge is 0.389 e. The van der Waals surface area contributed by atoms with Gasteiger partial charge >= 0.3 is 0 Å². The molecule has 100 valence electrons. The minimum Gasteiger partial charge on any atom is -0.389 e. The molecule has 0 unspecified atom stereocenters. The fourth-order valence-corrected chi connectivity index (χ4v) is 3.80. The molecule has 0 radical (unpaired) electrons. The van der Waals surface area contributed by atoms with Gasteiger partial charge in [-0.15, -0.1) is 11.3 Å². The number of nitrogens with one attached hydrogen (secondary N) is 1. The lowest BCUT2D eigenvalue weighted by Crippen LogP contribution is -2.13. The third kappa shape index (κ3) is 3.09. The van der Waals surface area contributed by atoms with Crippen LogP contribution in [0, 0.1) is 6.92 Å². The van der Waals surface area contributed by atoms with Crippen molar-refractivity contribution in [2.75, 3.05) is 4.72 Å². The number of thiophene rings is 1. The molecule has 0 bridgehead atoms. The molecule has 2 aromatic heterocycles. The number of pyridine rings is 1. The van der Waals surface area contributed by atoms with Gasteiger partial charge in [-0.2, -0.15) is 0 Å². The maximum Gasteiger partial charge on any atom is 0.272 e. The Morgan fingerprint density at radius 2 is 2.16 bits per heavy atom. The Balaban J connectivity index is 2.32. The molecule has 2 heterocycles. The van der Waals surface area contributed by atoms with E-state index in [0.29, 0.717) is 10.7 Å². The van der Waals surface area contributed by atoms with Crippen LogP contribution in [0.1, 0.15) is 10.4 Å². The fraction of sp³-hybridized carbons (Fsp3) is 0.0909. The smallest absolute Gasteiger partial charge is 0.272 e. The van der Waals surface area contributed by atoms with E-state index < -0.39 is 10.0 Å². The SMILES string of the molecule is Cc1cccnc1NS(=O)(=O)c1ccc(C(N)=S)s1. The molecule has 0 amide bonds. The Morgan fingerprint density at radius 1 is 1.42 bits per heavy atom. The number of aromatic nitrogens is 1. The number of anilines is 1. The quantitative estimate of drug-likeness (QED) is 0.842. The van der Waals surface area contributed by atoms with Gasteiger partial charge in [0, 0.05) is 6.20 Å². The molecule has 19 heavy (non-hydrogen) atoms. The predicted molar refractivity (Wildman–Crippen MR) is 80.0 cm³/mol. The zero-order valence-corrected chi connectivity index (χ0v) is 12.4. The molecule has 0 fully saturated rings. The highest BCUT2D eigenvalue weighted by Crippen LogP contribution is 2.24. The number of rotatable bonds is 4. The minimum atomic E-state index is -3.66. The van der Waals surface area contributed by atoms with Gasteiger partial charge in [0.1, 0.15) is 15.0 Å². The van der Waals surface area contributed by atoms with Crippen LogP contribution in [0.3, 0.4) is 0 Å². The third-order valence-electron chi connectivity index (χ3n) is 2.33. The number of hydrogen-bond donors (Lipinski definition) is 2. The van der Waals surface area contributed by atoms with Gasteiger partial charge < -0.3 is 5.73 Å². The highest BCUT2D eigenvalue weighted by Gasteiger charge is 2.18. The van der Waals surface area contributed by atoms with Crippen LogP contribution in [0.25, 0.3) is 0 Å². The average molecular weight is 313 g/mol. The molecule has 2 aromatic rings. The summed E-state index contributed by atoms with van der Waals surface area (Å²) in [4.78, 5) is 4.74. The lowest BCUT2D eigenvalue weighted by atomic mass is 10.3. The zero-order valence-electron chi connectivity index (χ0n) is 9.95. The summed E-state index contributed by atoms with van der Waals surface area (Å²) in [7, 11) is -3.66. The van der Waals surface area contributed by atoms with Crippen LogP contribution in [0.15, 0.2) is 34.7 Å². The van der Waals surface area contributed by atoms with Crippen molar-refractivity contribution in [3.8, 4) is 0 Å². The normalized spacial score (nSPS) is 11.2. The van der Waals surface area contributed by atoms with Crippen LogP contribution in [0.2, 0.25) is 0 Å². The first kappa shape index (κ1) is 13.9. The van der Waals surface area contributed by atoms with Gasteiger partial charge in [-0.1, -0.05) is 18.3 Å². The summed E-state index contributed by atoms with van der Waals surface area (Å²) in [6, 6.07) is 6.58. The van der Waals surface area contributed by atoms with Crippen molar-refractivity contribution in [2.24, 2.45) is 5.73 Å². The summed E-state index contributed by atoms with van der Waals surface area (Å²) in [5, 5.41) is 0. The number of nitrogens with zero attached hydrogens (tertiary/aromatic N) is 1. The van der Waals surface area contributed by atoms with Crippen molar-refractivity contribution in [1.29, 1.82) is 0 Å². The van der Waals surface area contributed by atoms with Gasteiger partial charge in [-0.3, -0.25) is 4.72 Å². The van der Waals surface area contributed by atoms with E-state index >= 15 is 0 Å². The van der Waals surface area contributed by atoms with Gasteiger partial charge in [0.15, 0.2) is 0 Å². The lowest BCUT2D eigenvalue weighted by Gasteiger charge is -2.07. The van der Waals surface area contributed by atoms with E-state index in [1.54, 1.807) is 25.1 Å². The molecule has 0 aliphatic carbocycles. The summed E-state index contributed by atoms with van der Waals surface area (Å²) >= 11 is 5.84. The molecule has 0 saturated heterocycles. The number of hydrogen-bond acceptors (Lipinski definition) is 5. The second-order valence-electron chi connectivity index (χ2n) is 3.76. The van der Waals surface area contributed by atoms with E-state index in [9.17, 15) is 8.42 Å². The number of nitrogens with two attached hydrogens (primary N) is 1. The van der Waals surface area contributed by atoms with Crippen LogP contribution in [0.5, 0.6) is 0 Å². The Hall–Kier alpha value is -1.51. The Labute approximate surface area is 120 Å². The van der Waals surface area contributed by atoms with E-state index in [4.69, 9.17) is 18.0 Å². The minimum absolute atomic E-state index is 0.153. The maximum absolute atomic E-state index is 12.2. The van der Waals surface area contributed by atoms with Gasteiger partial charge in [0.25, 0.3) is 10.0 Å². The Kier molecular flexibility index (Phi) is 3.83. The summed E-state index contributed by atoms with van der Waals surface area (Å²) in [6.45, 7) is 1.78. The van der Waals surface area contributed by atoms with E-state index in [1.807, 2.05) is 0 Å². The lowest BCUT2D eigenvalue weighted by molar-refractivity contribution is 0.603. The first-order valence-corrected chi connectivity index (χ1v) is 7.95. The van der Waals surface area contributed by atoms with Gasteiger partial charge in [0.05, 0.1) is 4.88 Å². The molecule has 2 rings (SSSR count). The van der Waals surface area contributed by atoms with E-state index in [2.05, 4.69) is 9.71 Å². The van der Waals surface area contributed by atoms with E-state index in [-0.39, 0.29) is 9.20 Å². The second-order valence-corrected chi connectivity index (χ2v) is 7.19. The first-order valence-electron chi connectivity index (χ1n) is 5.24. The molecule has 0 aromatic carbocycles. The zero-order chi connectivity index (χ0) is 14.0. The predicted octanol–water partition coefficient (Wildman–Crippen LogP) is 1.89. The molecule has 0 spiro atoms. The average Bonchev–Trinajstić information content (AvgIpc) is 2.82. The molecule has 8 heteroatoms. The summed E-state index contributed by atoms with van der Waals surface area (Å²) in [6.07, 6.45) is 1.53. The van der Waals surface area contributed by atoms with Crippen molar-refractivity contribution in [3.05, 3.63) is 40.9 Å². The molecule has 0 saturated carbocycles. The molecule has 3 N–H and O–H groups in total. The third-order valence-corrected chi connectivity index (χ3v) is 5.63. The maximum atomic E-state index is 12.2. The molecule has 0 aliphatic heterocycles. The van der Waals surface area contributed by atoms with Crippen LogP contribution in [0.4, 0.5) is 5.82 Å². The number of aryl methyl sites for hydroxylation is 1. The van der Waals surface area contributed by atoms with Crippen molar-refractivity contribution < 1.29 is 8.42 Å². The Bertz CT molecular complexity index is 722. The van der Waals surface area contributed by atoms with Crippen molar-refractivity contribution in [1.82, 2.24) is 4.98 Å². The van der Waals surface area contributed by atoms with Crippen LogP contribution in [-0.2, 0) is 10.0 Å². The first-order chi connectivity index (χ1) is 8.90. The Morgan fingerprint density at radius 3 is 2.74 bits per heavy atom. The standard InChI is InChI=1S/C11H11N3O2S3/c1-7-3-2-6-13-11(7)14-19(15,16)9-5-4-8(18-9)10(12)17/h2-6H,1H3,(H2,12,17)(H,13,14). The second kappa shape index (κ2) is 5.24. The number of sulfonamides is 1. The van der Waals surface area contributed by atoms with E-state index in [0.717, 1.165) is 16.9 Å². The van der Waals surface area contributed by atoms with E-state index in [1.165, 1.54) is 12.3 Å². The summed E-state index contributed by atoms with van der Waals surface area (Å²) in [5.74, 6) is 0.313. The van der Waals surface area contributed by atoms with Crippen LogP contribution < -0.4 is 10.5 Å². The van der Waals surface area contributed by atoms with Crippen molar-refractivity contribution in [2.45, 2.75) is 11.1 Å². The molecule has 5 nitrogen and oxygen atoms in total. The van der Waals surface area contributed by atoms with Crippen molar-refractivity contribution >= 4 is 44.4 Å². The molecule has 0 atom stereocenters.